The van der Waals surface area contributed by atoms with Crippen LogP contribution in [0.3, 0.4) is 0 Å². The van der Waals surface area contributed by atoms with Crippen LogP contribution in [0.2, 0.25) is 0 Å². The van der Waals surface area contributed by atoms with Crippen LogP contribution >= 0.6 is 0 Å². The Labute approximate surface area is 115 Å². The molecule has 1 saturated heterocycles. The zero-order valence-corrected chi connectivity index (χ0v) is 12.4. The van der Waals surface area contributed by atoms with E-state index in [0.29, 0.717) is 17.8 Å². The van der Waals surface area contributed by atoms with Crippen LogP contribution in [0.25, 0.3) is 0 Å². The number of aromatic nitrogens is 2. The zero-order chi connectivity index (χ0) is 14.0. The highest BCUT2D eigenvalue weighted by molar-refractivity contribution is 5.47. The number of piperazine rings is 1. The second-order valence-electron chi connectivity index (χ2n) is 5.78. The summed E-state index contributed by atoms with van der Waals surface area (Å²) in [7, 11) is 0. The molecule has 5 heteroatoms. The van der Waals surface area contributed by atoms with E-state index in [9.17, 15) is 0 Å². The Morgan fingerprint density at radius 3 is 2.21 bits per heavy atom. The minimum atomic E-state index is 0.305. The largest absolute Gasteiger partial charge is 0.384 e. The summed E-state index contributed by atoms with van der Waals surface area (Å²) in [5.74, 6) is 2.68. The van der Waals surface area contributed by atoms with Crippen molar-refractivity contribution < 1.29 is 0 Å². The predicted molar refractivity (Wildman–Crippen MR) is 79.5 cm³/mol. The molecule has 1 fully saturated rings. The number of hydrogen-bond donors (Lipinski definition) is 1. The third-order valence-corrected chi connectivity index (χ3v) is 3.63. The SMILES string of the molecule is CC(C)c1nc(N)cc(N2CCN(C(C)C)CC2)n1. The molecule has 0 bridgehead atoms. The number of rotatable bonds is 3. The molecular formula is C14H25N5. The lowest BCUT2D eigenvalue weighted by Gasteiger charge is -2.37. The Hall–Kier alpha value is -1.36. The van der Waals surface area contributed by atoms with Crippen molar-refractivity contribution in [1.82, 2.24) is 14.9 Å². The second-order valence-corrected chi connectivity index (χ2v) is 5.78. The minimum absolute atomic E-state index is 0.305. The van der Waals surface area contributed by atoms with E-state index in [0.717, 1.165) is 37.8 Å². The summed E-state index contributed by atoms with van der Waals surface area (Å²) in [6.45, 7) is 12.9. The number of nitrogens with two attached hydrogens (primary N) is 1. The third kappa shape index (κ3) is 3.35. The standard InChI is InChI=1S/C14H25N5/c1-10(2)14-16-12(15)9-13(17-14)19-7-5-18(6-8-19)11(3)4/h9-11H,5-8H2,1-4H3,(H2,15,16,17). The van der Waals surface area contributed by atoms with E-state index in [2.05, 4.69) is 47.5 Å². The van der Waals surface area contributed by atoms with Gasteiger partial charge in [-0.1, -0.05) is 13.8 Å². The molecule has 0 spiro atoms. The Kier molecular flexibility index (Phi) is 4.24. The van der Waals surface area contributed by atoms with E-state index in [1.165, 1.54) is 0 Å². The summed E-state index contributed by atoms with van der Waals surface area (Å²) >= 11 is 0. The highest BCUT2D eigenvalue weighted by atomic mass is 15.3. The van der Waals surface area contributed by atoms with Gasteiger partial charge < -0.3 is 10.6 Å². The average molecular weight is 263 g/mol. The van der Waals surface area contributed by atoms with Crippen LogP contribution in [0, 0.1) is 0 Å². The number of anilines is 2. The maximum atomic E-state index is 5.89. The van der Waals surface area contributed by atoms with Gasteiger partial charge in [0.15, 0.2) is 0 Å². The lowest BCUT2D eigenvalue weighted by atomic mass is 10.2. The minimum Gasteiger partial charge on any atom is -0.384 e. The van der Waals surface area contributed by atoms with Gasteiger partial charge in [0.1, 0.15) is 17.5 Å². The van der Waals surface area contributed by atoms with Crippen molar-refractivity contribution in [1.29, 1.82) is 0 Å². The molecule has 0 amide bonds. The molecule has 2 N–H and O–H groups in total. The van der Waals surface area contributed by atoms with Crippen LogP contribution in [0.4, 0.5) is 11.6 Å². The van der Waals surface area contributed by atoms with Gasteiger partial charge in [0.25, 0.3) is 0 Å². The third-order valence-electron chi connectivity index (χ3n) is 3.63. The van der Waals surface area contributed by atoms with E-state index < -0.39 is 0 Å². The lowest BCUT2D eigenvalue weighted by Crippen LogP contribution is -2.49. The van der Waals surface area contributed by atoms with Crippen molar-refractivity contribution in [2.75, 3.05) is 36.8 Å². The first-order chi connectivity index (χ1) is 8.97. The molecular weight excluding hydrogens is 238 g/mol. The fraction of sp³-hybridized carbons (Fsp3) is 0.714. The first-order valence-corrected chi connectivity index (χ1v) is 7.11. The molecule has 2 rings (SSSR count). The molecule has 0 aromatic carbocycles. The Morgan fingerprint density at radius 1 is 1.05 bits per heavy atom. The van der Waals surface area contributed by atoms with Gasteiger partial charge in [-0.3, -0.25) is 4.90 Å². The fourth-order valence-corrected chi connectivity index (χ4v) is 2.36. The van der Waals surface area contributed by atoms with Crippen molar-refractivity contribution in [3.8, 4) is 0 Å². The van der Waals surface area contributed by atoms with Gasteiger partial charge in [0.2, 0.25) is 0 Å². The topological polar surface area (TPSA) is 58.3 Å². The van der Waals surface area contributed by atoms with Gasteiger partial charge >= 0.3 is 0 Å². The lowest BCUT2D eigenvalue weighted by molar-refractivity contribution is 0.209. The van der Waals surface area contributed by atoms with Crippen molar-refractivity contribution >= 4 is 11.6 Å². The van der Waals surface area contributed by atoms with Crippen LogP contribution in [-0.4, -0.2) is 47.1 Å². The maximum Gasteiger partial charge on any atom is 0.135 e. The van der Waals surface area contributed by atoms with Crippen LogP contribution < -0.4 is 10.6 Å². The van der Waals surface area contributed by atoms with Gasteiger partial charge in [-0.05, 0) is 13.8 Å². The summed E-state index contributed by atoms with van der Waals surface area (Å²) in [6.07, 6.45) is 0. The molecule has 5 nitrogen and oxygen atoms in total. The molecule has 0 radical (unpaired) electrons. The number of nitrogen functional groups attached to an aromatic ring is 1. The zero-order valence-electron chi connectivity index (χ0n) is 12.4. The highest BCUT2D eigenvalue weighted by Gasteiger charge is 2.20. The Balaban J connectivity index is 2.11. The summed E-state index contributed by atoms with van der Waals surface area (Å²) in [5.41, 5.74) is 5.89. The molecule has 2 heterocycles. The highest BCUT2D eigenvalue weighted by Crippen LogP contribution is 2.20. The van der Waals surface area contributed by atoms with E-state index in [1.54, 1.807) is 0 Å². The summed E-state index contributed by atoms with van der Waals surface area (Å²) < 4.78 is 0. The predicted octanol–water partition coefficient (Wildman–Crippen LogP) is 1.71. The van der Waals surface area contributed by atoms with Gasteiger partial charge in [-0.2, -0.15) is 0 Å². The average Bonchev–Trinajstić information content (AvgIpc) is 2.38. The summed E-state index contributed by atoms with van der Waals surface area (Å²) in [4.78, 5) is 13.7. The summed E-state index contributed by atoms with van der Waals surface area (Å²) in [5, 5.41) is 0. The first-order valence-electron chi connectivity index (χ1n) is 7.11. The van der Waals surface area contributed by atoms with Crippen LogP contribution in [0.15, 0.2) is 6.07 Å². The monoisotopic (exact) mass is 263 g/mol. The quantitative estimate of drug-likeness (QED) is 0.899. The van der Waals surface area contributed by atoms with E-state index in [1.807, 2.05) is 6.07 Å². The van der Waals surface area contributed by atoms with Gasteiger partial charge in [0, 0.05) is 44.2 Å². The van der Waals surface area contributed by atoms with Gasteiger partial charge in [-0.15, -0.1) is 0 Å². The second kappa shape index (κ2) is 5.74. The summed E-state index contributed by atoms with van der Waals surface area (Å²) in [6, 6.07) is 2.50. The molecule has 1 aromatic heterocycles. The molecule has 1 aromatic rings. The van der Waals surface area contributed by atoms with Crippen molar-refractivity contribution in [3.63, 3.8) is 0 Å². The Bertz CT molecular complexity index is 422. The number of nitrogens with zero attached hydrogens (tertiary/aromatic N) is 4. The molecule has 19 heavy (non-hydrogen) atoms. The Morgan fingerprint density at radius 2 is 1.68 bits per heavy atom. The maximum absolute atomic E-state index is 5.89. The van der Waals surface area contributed by atoms with E-state index >= 15 is 0 Å². The molecule has 0 saturated carbocycles. The van der Waals surface area contributed by atoms with Crippen LogP contribution in [-0.2, 0) is 0 Å². The smallest absolute Gasteiger partial charge is 0.135 e. The molecule has 0 unspecified atom stereocenters. The molecule has 0 aliphatic carbocycles. The normalized spacial score (nSPS) is 17.5. The van der Waals surface area contributed by atoms with Gasteiger partial charge in [-0.25, -0.2) is 9.97 Å². The van der Waals surface area contributed by atoms with E-state index in [-0.39, 0.29) is 0 Å². The fourth-order valence-electron chi connectivity index (χ4n) is 2.36. The van der Waals surface area contributed by atoms with E-state index in [4.69, 9.17) is 5.73 Å². The number of hydrogen-bond acceptors (Lipinski definition) is 5. The molecule has 1 aliphatic heterocycles. The van der Waals surface area contributed by atoms with Crippen LogP contribution in [0.5, 0.6) is 0 Å². The van der Waals surface area contributed by atoms with Gasteiger partial charge in [0.05, 0.1) is 0 Å². The molecule has 106 valence electrons. The van der Waals surface area contributed by atoms with Crippen LogP contribution in [0.1, 0.15) is 39.4 Å². The van der Waals surface area contributed by atoms with Crippen molar-refractivity contribution in [3.05, 3.63) is 11.9 Å². The van der Waals surface area contributed by atoms with Crippen molar-refractivity contribution in [2.45, 2.75) is 39.7 Å². The first kappa shape index (κ1) is 14.1. The van der Waals surface area contributed by atoms with Crippen molar-refractivity contribution in [2.24, 2.45) is 0 Å². The molecule has 1 aliphatic rings. The molecule has 0 atom stereocenters.